The Hall–Kier alpha value is -1.54. The second kappa shape index (κ2) is 5.25. The van der Waals surface area contributed by atoms with Crippen LogP contribution in [0, 0.1) is 0 Å². The summed E-state index contributed by atoms with van der Waals surface area (Å²) in [7, 11) is 2.68. The van der Waals surface area contributed by atoms with E-state index in [1.165, 1.54) is 10.8 Å². The van der Waals surface area contributed by atoms with Gasteiger partial charge in [0.1, 0.15) is 5.75 Å². The van der Waals surface area contributed by atoms with Gasteiger partial charge in [-0.05, 0) is 22.9 Å². The number of rotatable bonds is 1. The number of ether oxygens (including phenoxy) is 1. The quantitative estimate of drug-likeness (QED) is 0.748. The first-order chi connectivity index (χ1) is 6.90. The van der Waals surface area contributed by atoms with Gasteiger partial charge in [-0.1, -0.05) is 30.3 Å². The molecule has 0 aliphatic heterocycles. The molecule has 0 saturated heterocycles. The summed E-state index contributed by atoms with van der Waals surface area (Å²) in [4.78, 5) is 0. The summed E-state index contributed by atoms with van der Waals surface area (Å²) in [5.41, 5.74) is 0. The molecule has 0 saturated carbocycles. The first-order valence-corrected chi connectivity index (χ1v) is 4.37. The van der Waals surface area contributed by atoms with Crippen molar-refractivity contribution in [2.75, 3.05) is 14.2 Å². The summed E-state index contributed by atoms with van der Waals surface area (Å²) < 4.78 is 5.12. The number of benzene rings is 2. The number of aliphatic hydroxyl groups excluding tert-OH is 1. The SMILES string of the molecule is CO.COc1ccc2ccccc2c1. The number of methoxy groups -OCH3 is 1. The topological polar surface area (TPSA) is 29.5 Å². The van der Waals surface area contributed by atoms with Crippen molar-refractivity contribution in [1.29, 1.82) is 0 Å². The summed E-state index contributed by atoms with van der Waals surface area (Å²) in [5, 5.41) is 9.47. The monoisotopic (exact) mass is 190 g/mol. The van der Waals surface area contributed by atoms with Crippen molar-refractivity contribution in [3.05, 3.63) is 42.5 Å². The molecular formula is C12H14O2. The molecule has 0 atom stereocenters. The molecule has 0 radical (unpaired) electrons. The van der Waals surface area contributed by atoms with Crippen molar-refractivity contribution in [3.8, 4) is 5.75 Å². The van der Waals surface area contributed by atoms with Crippen LogP contribution in [0.1, 0.15) is 0 Å². The van der Waals surface area contributed by atoms with E-state index in [0.717, 1.165) is 12.9 Å². The molecule has 14 heavy (non-hydrogen) atoms. The van der Waals surface area contributed by atoms with Gasteiger partial charge in [0.25, 0.3) is 0 Å². The van der Waals surface area contributed by atoms with Gasteiger partial charge in [0.2, 0.25) is 0 Å². The minimum atomic E-state index is 0.911. The summed E-state index contributed by atoms with van der Waals surface area (Å²) in [6.45, 7) is 0. The van der Waals surface area contributed by atoms with Crippen LogP contribution in [0.15, 0.2) is 42.5 Å². The largest absolute Gasteiger partial charge is 0.497 e. The van der Waals surface area contributed by atoms with Crippen LogP contribution >= 0.6 is 0 Å². The van der Waals surface area contributed by atoms with Crippen molar-refractivity contribution in [2.45, 2.75) is 0 Å². The van der Waals surface area contributed by atoms with E-state index in [2.05, 4.69) is 18.2 Å². The third-order valence-corrected chi connectivity index (χ3v) is 1.96. The Balaban J connectivity index is 0.000000461. The molecule has 0 aromatic heterocycles. The number of fused-ring (bicyclic) bond motifs is 1. The zero-order chi connectivity index (χ0) is 10.4. The normalized spacial score (nSPS) is 9.07. The molecule has 74 valence electrons. The van der Waals surface area contributed by atoms with Gasteiger partial charge >= 0.3 is 0 Å². The fourth-order valence-corrected chi connectivity index (χ4v) is 1.29. The molecule has 0 amide bonds. The maximum Gasteiger partial charge on any atom is 0.119 e. The van der Waals surface area contributed by atoms with Gasteiger partial charge in [0.15, 0.2) is 0 Å². The van der Waals surface area contributed by atoms with Gasteiger partial charge in [-0.3, -0.25) is 0 Å². The van der Waals surface area contributed by atoms with E-state index in [9.17, 15) is 0 Å². The standard InChI is InChI=1S/C11H10O.CH4O/c1-12-11-7-6-9-4-2-3-5-10(9)8-11;1-2/h2-8H,1H3;2H,1H3. The summed E-state index contributed by atoms with van der Waals surface area (Å²) in [5.74, 6) is 0.911. The summed E-state index contributed by atoms with van der Waals surface area (Å²) in [6, 6.07) is 14.3. The van der Waals surface area contributed by atoms with Crippen molar-refractivity contribution < 1.29 is 9.84 Å². The lowest BCUT2D eigenvalue weighted by molar-refractivity contribution is 0.399. The highest BCUT2D eigenvalue weighted by molar-refractivity contribution is 5.83. The Kier molecular flexibility index (Phi) is 3.95. The first-order valence-electron chi connectivity index (χ1n) is 4.37. The molecule has 2 aromatic rings. The molecule has 0 heterocycles. The molecule has 0 bridgehead atoms. The zero-order valence-electron chi connectivity index (χ0n) is 8.40. The minimum absolute atomic E-state index is 0.911. The van der Waals surface area contributed by atoms with Gasteiger partial charge < -0.3 is 9.84 Å². The van der Waals surface area contributed by atoms with Crippen molar-refractivity contribution in [2.24, 2.45) is 0 Å². The van der Waals surface area contributed by atoms with Gasteiger partial charge in [0, 0.05) is 7.11 Å². The average molecular weight is 190 g/mol. The highest BCUT2D eigenvalue weighted by atomic mass is 16.5. The predicted molar refractivity (Wildman–Crippen MR) is 58.6 cm³/mol. The number of hydrogen-bond donors (Lipinski definition) is 1. The van der Waals surface area contributed by atoms with Crippen LogP contribution in [-0.4, -0.2) is 19.3 Å². The highest BCUT2D eigenvalue weighted by Gasteiger charge is 1.93. The Morgan fingerprint density at radius 3 is 2.21 bits per heavy atom. The molecule has 2 aromatic carbocycles. The number of aliphatic hydroxyl groups is 1. The Morgan fingerprint density at radius 2 is 1.57 bits per heavy atom. The fraction of sp³-hybridized carbons (Fsp3) is 0.167. The zero-order valence-corrected chi connectivity index (χ0v) is 8.40. The third kappa shape index (κ3) is 2.24. The van der Waals surface area contributed by atoms with E-state index in [0.29, 0.717) is 0 Å². The molecule has 2 heteroatoms. The predicted octanol–water partition coefficient (Wildman–Crippen LogP) is 2.46. The van der Waals surface area contributed by atoms with Crippen LogP contribution in [-0.2, 0) is 0 Å². The van der Waals surface area contributed by atoms with Crippen molar-refractivity contribution >= 4 is 10.8 Å². The highest BCUT2D eigenvalue weighted by Crippen LogP contribution is 2.19. The van der Waals surface area contributed by atoms with Crippen molar-refractivity contribution in [3.63, 3.8) is 0 Å². The smallest absolute Gasteiger partial charge is 0.119 e. The molecule has 0 aliphatic rings. The van der Waals surface area contributed by atoms with Gasteiger partial charge in [0.05, 0.1) is 7.11 Å². The molecule has 0 fully saturated rings. The average Bonchev–Trinajstić information content (AvgIpc) is 2.31. The molecule has 0 spiro atoms. The molecule has 2 nitrogen and oxygen atoms in total. The van der Waals surface area contributed by atoms with E-state index in [1.807, 2.05) is 24.3 Å². The van der Waals surface area contributed by atoms with E-state index in [1.54, 1.807) is 7.11 Å². The van der Waals surface area contributed by atoms with Gasteiger partial charge in [-0.2, -0.15) is 0 Å². The second-order valence-electron chi connectivity index (χ2n) is 2.71. The first kappa shape index (κ1) is 10.5. The molecule has 0 aliphatic carbocycles. The molecule has 2 rings (SSSR count). The molecular weight excluding hydrogens is 176 g/mol. The fourth-order valence-electron chi connectivity index (χ4n) is 1.29. The van der Waals surface area contributed by atoms with Gasteiger partial charge in [-0.15, -0.1) is 0 Å². The summed E-state index contributed by atoms with van der Waals surface area (Å²) in [6.07, 6.45) is 0. The minimum Gasteiger partial charge on any atom is -0.497 e. The van der Waals surface area contributed by atoms with E-state index >= 15 is 0 Å². The van der Waals surface area contributed by atoms with Crippen LogP contribution in [0.2, 0.25) is 0 Å². The molecule has 1 N–H and O–H groups in total. The Morgan fingerprint density at radius 1 is 0.929 bits per heavy atom. The second-order valence-corrected chi connectivity index (χ2v) is 2.71. The van der Waals surface area contributed by atoms with Crippen LogP contribution in [0.3, 0.4) is 0 Å². The lowest BCUT2D eigenvalue weighted by Gasteiger charge is -2.00. The summed E-state index contributed by atoms with van der Waals surface area (Å²) >= 11 is 0. The van der Waals surface area contributed by atoms with E-state index < -0.39 is 0 Å². The van der Waals surface area contributed by atoms with E-state index in [-0.39, 0.29) is 0 Å². The van der Waals surface area contributed by atoms with Crippen LogP contribution in [0.5, 0.6) is 5.75 Å². The Bertz CT molecular complexity index is 396. The maximum absolute atomic E-state index is 7.00. The van der Waals surface area contributed by atoms with Crippen molar-refractivity contribution in [1.82, 2.24) is 0 Å². The maximum atomic E-state index is 7.00. The Labute approximate surface area is 83.8 Å². The van der Waals surface area contributed by atoms with Gasteiger partial charge in [-0.25, -0.2) is 0 Å². The third-order valence-electron chi connectivity index (χ3n) is 1.96. The lowest BCUT2D eigenvalue weighted by Crippen LogP contribution is -1.81. The number of hydrogen-bond acceptors (Lipinski definition) is 2. The molecule has 0 unspecified atom stereocenters. The van der Waals surface area contributed by atoms with Crippen LogP contribution < -0.4 is 4.74 Å². The van der Waals surface area contributed by atoms with Crippen LogP contribution in [0.4, 0.5) is 0 Å². The lowest BCUT2D eigenvalue weighted by atomic mass is 10.1. The van der Waals surface area contributed by atoms with Crippen LogP contribution in [0.25, 0.3) is 10.8 Å². The van der Waals surface area contributed by atoms with E-state index in [4.69, 9.17) is 9.84 Å².